The molecule has 0 spiro atoms. The summed E-state index contributed by atoms with van der Waals surface area (Å²) in [7, 11) is 1.62. The Balaban J connectivity index is 0.00000261. The maximum Gasteiger partial charge on any atom is 0.213 e. The van der Waals surface area contributed by atoms with E-state index in [1.807, 2.05) is 18.2 Å². The van der Waals surface area contributed by atoms with E-state index in [4.69, 9.17) is 4.74 Å². The first-order valence-corrected chi connectivity index (χ1v) is 9.13. The summed E-state index contributed by atoms with van der Waals surface area (Å²) in [6.45, 7) is 5.45. The molecule has 1 atom stereocenters. The van der Waals surface area contributed by atoms with Crippen LogP contribution in [0, 0.1) is 0 Å². The van der Waals surface area contributed by atoms with Crippen LogP contribution in [-0.2, 0) is 6.54 Å². The minimum absolute atomic E-state index is 0. The first kappa shape index (κ1) is 21.3. The second-order valence-corrected chi connectivity index (χ2v) is 6.28. The van der Waals surface area contributed by atoms with Gasteiger partial charge in [0.25, 0.3) is 0 Å². The van der Waals surface area contributed by atoms with Crippen LogP contribution < -0.4 is 20.3 Å². The van der Waals surface area contributed by atoms with Crippen LogP contribution in [-0.4, -0.2) is 43.7 Å². The zero-order valence-corrected chi connectivity index (χ0v) is 18.2. The summed E-state index contributed by atoms with van der Waals surface area (Å²) in [4.78, 5) is 11.5. The molecule has 1 aliphatic rings. The predicted molar refractivity (Wildman–Crippen MR) is 121 cm³/mol. The van der Waals surface area contributed by atoms with E-state index < -0.39 is 0 Å². The highest BCUT2D eigenvalue weighted by Gasteiger charge is 2.23. The summed E-state index contributed by atoms with van der Waals surface area (Å²) in [6.07, 6.45) is 1.09. The molecule has 1 aliphatic heterocycles. The second kappa shape index (κ2) is 11.0. The third-order valence-corrected chi connectivity index (χ3v) is 4.38. The van der Waals surface area contributed by atoms with Gasteiger partial charge in [0.1, 0.15) is 0 Å². The fraction of sp³-hybridized carbons (Fsp3) is 0.400. The molecule has 0 radical (unpaired) electrons. The van der Waals surface area contributed by atoms with Crippen LogP contribution in [0.4, 0.5) is 5.69 Å². The van der Waals surface area contributed by atoms with Crippen molar-refractivity contribution in [3.8, 4) is 5.88 Å². The van der Waals surface area contributed by atoms with E-state index in [-0.39, 0.29) is 24.0 Å². The van der Waals surface area contributed by atoms with Crippen LogP contribution in [0.3, 0.4) is 0 Å². The van der Waals surface area contributed by atoms with Gasteiger partial charge >= 0.3 is 0 Å². The fourth-order valence-corrected chi connectivity index (χ4v) is 3.08. The molecule has 7 heteroatoms. The summed E-state index contributed by atoms with van der Waals surface area (Å²) in [6, 6.07) is 16.7. The van der Waals surface area contributed by atoms with Crippen molar-refractivity contribution in [3.05, 3.63) is 54.2 Å². The van der Waals surface area contributed by atoms with Crippen LogP contribution in [0.2, 0.25) is 0 Å². The summed E-state index contributed by atoms with van der Waals surface area (Å²) >= 11 is 0. The first-order chi connectivity index (χ1) is 12.8. The molecule has 0 amide bonds. The molecule has 0 aliphatic carbocycles. The SMILES string of the molecule is CCNC(=NCc1cccc(OC)n1)NC1CCN(c2ccccc2)C1.I. The highest BCUT2D eigenvalue weighted by Crippen LogP contribution is 2.19. The molecule has 1 aromatic heterocycles. The van der Waals surface area contributed by atoms with Crippen LogP contribution in [0.25, 0.3) is 0 Å². The number of rotatable bonds is 6. The number of hydrogen-bond acceptors (Lipinski definition) is 4. The van der Waals surface area contributed by atoms with Gasteiger partial charge in [-0.3, -0.25) is 0 Å². The van der Waals surface area contributed by atoms with Gasteiger partial charge in [-0.25, -0.2) is 9.98 Å². The molecule has 2 N–H and O–H groups in total. The number of pyridine rings is 1. The third-order valence-electron chi connectivity index (χ3n) is 4.38. The standard InChI is InChI=1S/C20H27N5O.HI/c1-3-21-20(22-14-16-8-7-11-19(23-16)26-2)24-17-12-13-25(15-17)18-9-5-4-6-10-18;/h4-11,17H,3,12-15H2,1-2H3,(H2,21,22,24);1H. The molecule has 1 fully saturated rings. The summed E-state index contributed by atoms with van der Waals surface area (Å²) in [5.74, 6) is 1.45. The molecule has 146 valence electrons. The average Bonchev–Trinajstić information content (AvgIpc) is 3.16. The number of hydrogen-bond donors (Lipinski definition) is 2. The number of ether oxygens (including phenoxy) is 1. The van der Waals surface area contributed by atoms with Gasteiger partial charge in [0.05, 0.1) is 19.3 Å². The van der Waals surface area contributed by atoms with Crippen LogP contribution >= 0.6 is 24.0 Å². The van der Waals surface area contributed by atoms with Crippen LogP contribution in [0.1, 0.15) is 19.0 Å². The number of halogens is 1. The number of nitrogens with zero attached hydrogens (tertiary/aromatic N) is 3. The number of aromatic nitrogens is 1. The normalized spacial score (nSPS) is 16.6. The number of guanidine groups is 1. The molecule has 0 saturated carbocycles. The number of methoxy groups -OCH3 is 1. The van der Waals surface area contributed by atoms with Crippen molar-refractivity contribution in [2.24, 2.45) is 4.99 Å². The van der Waals surface area contributed by atoms with Crippen LogP contribution in [0.5, 0.6) is 5.88 Å². The van der Waals surface area contributed by atoms with Crippen molar-refractivity contribution in [3.63, 3.8) is 0 Å². The van der Waals surface area contributed by atoms with Gasteiger partial charge in [-0.05, 0) is 31.5 Å². The van der Waals surface area contributed by atoms with Crippen molar-refractivity contribution < 1.29 is 4.74 Å². The predicted octanol–water partition coefficient (Wildman–Crippen LogP) is 3.04. The maximum absolute atomic E-state index is 5.17. The second-order valence-electron chi connectivity index (χ2n) is 6.28. The zero-order chi connectivity index (χ0) is 18.2. The number of nitrogens with one attached hydrogen (secondary N) is 2. The van der Waals surface area contributed by atoms with E-state index in [1.54, 1.807) is 7.11 Å². The van der Waals surface area contributed by atoms with Crippen molar-refractivity contribution in [2.45, 2.75) is 25.9 Å². The van der Waals surface area contributed by atoms with Crippen LogP contribution in [0.15, 0.2) is 53.5 Å². The zero-order valence-electron chi connectivity index (χ0n) is 15.9. The molecule has 1 unspecified atom stereocenters. The summed E-state index contributed by atoms with van der Waals surface area (Å²) in [5, 5.41) is 6.88. The van der Waals surface area contributed by atoms with E-state index >= 15 is 0 Å². The van der Waals surface area contributed by atoms with E-state index in [0.29, 0.717) is 18.5 Å². The average molecular weight is 481 g/mol. The Morgan fingerprint density at radius 3 is 2.78 bits per heavy atom. The highest BCUT2D eigenvalue weighted by atomic mass is 127. The first-order valence-electron chi connectivity index (χ1n) is 9.13. The largest absolute Gasteiger partial charge is 0.481 e. The summed E-state index contributed by atoms with van der Waals surface area (Å²) < 4.78 is 5.17. The Hall–Kier alpha value is -2.03. The Morgan fingerprint density at radius 2 is 2.04 bits per heavy atom. The molecule has 2 aromatic rings. The van der Waals surface area contributed by atoms with E-state index in [9.17, 15) is 0 Å². The van der Waals surface area contributed by atoms with Gasteiger partial charge in [-0.2, -0.15) is 0 Å². The minimum Gasteiger partial charge on any atom is -0.481 e. The van der Waals surface area contributed by atoms with Crippen molar-refractivity contribution >= 4 is 35.6 Å². The number of aliphatic imine (C=N–C) groups is 1. The quantitative estimate of drug-likeness (QED) is 0.378. The lowest BCUT2D eigenvalue weighted by Gasteiger charge is -2.20. The van der Waals surface area contributed by atoms with Gasteiger partial charge in [-0.1, -0.05) is 24.3 Å². The smallest absolute Gasteiger partial charge is 0.213 e. The third kappa shape index (κ3) is 6.27. The number of anilines is 1. The molecule has 3 rings (SSSR count). The Kier molecular flexibility index (Phi) is 8.63. The van der Waals surface area contributed by atoms with Gasteiger partial charge < -0.3 is 20.3 Å². The fourth-order valence-electron chi connectivity index (χ4n) is 3.08. The van der Waals surface area contributed by atoms with Crippen molar-refractivity contribution in [2.75, 3.05) is 31.6 Å². The van der Waals surface area contributed by atoms with Crippen molar-refractivity contribution in [1.29, 1.82) is 0 Å². The van der Waals surface area contributed by atoms with Gasteiger partial charge in [-0.15, -0.1) is 24.0 Å². The lowest BCUT2D eigenvalue weighted by atomic mass is 10.2. The molecule has 1 saturated heterocycles. The number of benzene rings is 1. The minimum atomic E-state index is 0. The Bertz CT molecular complexity index is 725. The molecule has 27 heavy (non-hydrogen) atoms. The number of para-hydroxylation sites is 1. The highest BCUT2D eigenvalue weighted by molar-refractivity contribution is 14.0. The topological polar surface area (TPSA) is 61.8 Å². The Morgan fingerprint density at radius 1 is 1.22 bits per heavy atom. The molecule has 6 nitrogen and oxygen atoms in total. The summed E-state index contributed by atoms with van der Waals surface area (Å²) in [5.41, 5.74) is 2.17. The molecule has 1 aromatic carbocycles. The molecular formula is C20H28IN5O. The lowest BCUT2D eigenvalue weighted by molar-refractivity contribution is 0.396. The van der Waals surface area contributed by atoms with Gasteiger partial charge in [0.2, 0.25) is 5.88 Å². The van der Waals surface area contributed by atoms with E-state index in [2.05, 4.69) is 62.8 Å². The monoisotopic (exact) mass is 481 g/mol. The molecule has 0 bridgehead atoms. The molecule has 2 heterocycles. The maximum atomic E-state index is 5.17. The van der Waals surface area contributed by atoms with E-state index in [1.165, 1.54) is 5.69 Å². The van der Waals surface area contributed by atoms with Crippen molar-refractivity contribution in [1.82, 2.24) is 15.6 Å². The van der Waals surface area contributed by atoms with Gasteiger partial charge in [0.15, 0.2) is 5.96 Å². The lowest BCUT2D eigenvalue weighted by Crippen LogP contribution is -2.44. The molecular weight excluding hydrogens is 453 g/mol. The Labute approximate surface area is 178 Å². The van der Waals surface area contributed by atoms with E-state index in [0.717, 1.165) is 37.7 Å². The van der Waals surface area contributed by atoms with Gasteiger partial charge in [0, 0.05) is 37.4 Å².